The number of hydrogen-bond donors (Lipinski definition) is 1. The van der Waals surface area contributed by atoms with E-state index in [1.54, 1.807) is 26.0 Å². The van der Waals surface area contributed by atoms with E-state index in [1.165, 1.54) is 28.6 Å². The molecule has 0 aliphatic heterocycles. The molecule has 1 N–H and O–H groups in total. The van der Waals surface area contributed by atoms with E-state index >= 15 is 0 Å². The Bertz CT molecular complexity index is 998. The summed E-state index contributed by atoms with van der Waals surface area (Å²) in [6.07, 6.45) is 2.70. The maximum absolute atomic E-state index is 12.5. The van der Waals surface area contributed by atoms with Gasteiger partial charge < -0.3 is 10.1 Å². The maximum Gasteiger partial charge on any atom is 0.331 e. The molecule has 31 heavy (non-hydrogen) atoms. The van der Waals surface area contributed by atoms with Gasteiger partial charge in [0.25, 0.3) is 5.91 Å². The molecule has 2 rings (SSSR count). The largest absolute Gasteiger partial charge is 0.452 e. The summed E-state index contributed by atoms with van der Waals surface area (Å²) in [6.45, 7) is 5.81. The molecule has 1 atom stereocenters. The molecule has 2 aromatic carbocycles. The van der Waals surface area contributed by atoms with E-state index in [2.05, 4.69) is 5.32 Å². The number of amides is 1. The lowest BCUT2D eigenvalue weighted by atomic mass is 10.1. The predicted octanol–water partition coefficient (Wildman–Crippen LogP) is 3.15. The van der Waals surface area contributed by atoms with Gasteiger partial charge in [-0.25, -0.2) is 13.2 Å². The van der Waals surface area contributed by atoms with Gasteiger partial charge in [0.15, 0.2) is 6.61 Å². The van der Waals surface area contributed by atoms with E-state index in [-0.39, 0.29) is 17.5 Å². The Labute approximate surface area is 183 Å². The van der Waals surface area contributed by atoms with Crippen molar-refractivity contribution in [3.63, 3.8) is 0 Å². The molecule has 0 aliphatic carbocycles. The molecular weight excluding hydrogens is 416 g/mol. The topological polar surface area (TPSA) is 92.8 Å². The molecule has 0 bridgehead atoms. The van der Waals surface area contributed by atoms with E-state index < -0.39 is 21.9 Å². The third kappa shape index (κ3) is 7.04. The van der Waals surface area contributed by atoms with Crippen LogP contribution in [-0.2, 0) is 24.3 Å². The first-order chi connectivity index (χ1) is 14.8. The van der Waals surface area contributed by atoms with Crippen LogP contribution in [0, 0.1) is 0 Å². The number of hydrogen-bond acceptors (Lipinski definition) is 5. The van der Waals surface area contributed by atoms with Gasteiger partial charge in [-0.05, 0) is 36.3 Å². The van der Waals surface area contributed by atoms with Gasteiger partial charge >= 0.3 is 5.97 Å². The lowest BCUT2D eigenvalue weighted by Gasteiger charge is -2.18. The Morgan fingerprint density at radius 2 is 1.65 bits per heavy atom. The van der Waals surface area contributed by atoms with Gasteiger partial charge in [-0.2, -0.15) is 4.31 Å². The van der Waals surface area contributed by atoms with Crippen LogP contribution in [0.5, 0.6) is 0 Å². The summed E-state index contributed by atoms with van der Waals surface area (Å²) >= 11 is 0. The number of benzene rings is 2. The van der Waals surface area contributed by atoms with Gasteiger partial charge in [0, 0.05) is 19.2 Å². The molecule has 166 valence electrons. The molecule has 0 fully saturated rings. The standard InChI is InChI=1S/C23H28N2O5S/c1-4-25(5-2)31(28,29)21-14-11-19(12-15-21)13-16-23(27)30-17-22(26)24-18(3)20-9-7-6-8-10-20/h6-16,18H,4-5,17H2,1-3H3,(H,24,26)/b16-13+. The van der Waals surface area contributed by atoms with Gasteiger partial charge in [-0.15, -0.1) is 0 Å². The monoisotopic (exact) mass is 444 g/mol. The predicted molar refractivity (Wildman–Crippen MR) is 120 cm³/mol. The number of esters is 1. The SMILES string of the molecule is CCN(CC)S(=O)(=O)c1ccc(/C=C/C(=O)OCC(=O)NC(C)c2ccccc2)cc1. The minimum atomic E-state index is -3.52. The number of rotatable bonds is 10. The second-order valence-corrected chi connectivity index (χ2v) is 8.74. The number of carbonyl (C=O) groups is 2. The lowest BCUT2D eigenvalue weighted by molar-refractivity contribution is -0.144. The number of ether oxygens (including phenoxy) is 1. The minimum Gasteiger partial charge on any atom is -0.452 e. The van der Waals surface area contributed by atoms with Crippen molar-refractivity contribution in [2.75, 3.05) is 19.7 Å². The molecule has 0 heterocycles. The first kappa shape index (κ1) is 24.3. The second-order valence-electron chi connectivity index (χ2n) is 6.80. The van der Waals surface area contributed by atoms with Crippen LogP contribution in [0.25, 0.3) is 6.08 Å². The van der Waals surface area contributed by atoms with Gasteiger partial charge in [-0.3, -0.25) is 4.79 Å². The number of nitrogens with zero attached hydrogens (tertiary/aromatic N) is 1. The van der Waals surface area contributed by atoms with Crippen molar-refractivity contribution in [3.05, 3.63) is 71.8 Å². The highest BCUT2D eigenvalue weighted by Gasteiger charge is 2.21. The summed E-state index contributed by atoms with van der Waals surface area (Å²) in [5, 5.41) is 2.76. The molecule has 7 nitrogen and oxygen atoms in total. The van der Waals surface area contributed by atoms with Crippen molar-refractivity contribution in [1.29, 1.82) is 0 Å². The first-order valence-electron chi connectivity index (χ1n) is 10.1. The maximum atomic E-state index is 12.5. The van der Waals surface area contributed by atoms with Gasteiger partial charge in [0.1, 0.15) is 0 Å². The molecule has 0 aromatic heterocycles. The highest BCUT2D eigenvalue weighted by Crippen LogP contribution is 2.17. The van der Waals surface area contributed by atoms with Crippen LogP contribution in [0.1, 0.15) is 37.9 Å². The average molecular weight is 445 g/mol. The Kier molecular flexibility index (Phi) is 8.96. The quantitative estimate of drug-likeness (QED) is 0.449. The smallest absolute Gasteiger partial charge is 0.331 e. The zero-order chi connectivity index (χ0) is 22.9. The minimum absolute atomic E-state index is 0.195. The van der Waals surface area contributed by atoms with Crippen LogP contribution in [-0.4, -0.2) is 44.3 Å². The van der Waals surface area contributed by atoms with E-state index in [0.717, 1.165) is 5.56 Å². The molecule has 1 unspecified atom stereocenters. The van der Waals surface area contributed by atoms with E-state index in [1.807, 2.05) is 37.3 Å². The molecule has 0 aliphatic rings. The Morgan fingerprint density at radius 3 is 2.23 bits per heavy atom. The van der Waals surface area contributed by atoms with E-state index in [0.29, 0.717) is 18.7 Å². The van der Waals surface area contributed by atoms with Crippen LogP contribution >= 0.6 is 0 Å². The van der Waals surface area contributed by atoms with Crippen molar-refractivity contribution in [3.8, 4) is 0 Å². The fourth-order valence-electron chi connectivity index (χ4n) is 2.92. The molecule has 1 amide bonds. The fraction of sp³-hybridized carbons (Fsp3) is 0.304. The summed E-state index contributed by atoms with van der Waals surface area (Å²) in [4.78, 5) is 24.0. The third-order valence-corrected chi connectivity index (χ3v) is 6.72. The van der Waals surface area contributed by atoms with E-state index in [4.69, 9.17) is 4.74 Å². The molecular formula is C23H28N2O5S. The zero-order valence-corrected chi connectivity index (χ0v) is 18.8. The summed E-state index contributed by atoms with van der Waals surface area (Å²) < 4.78 is 31.3. The zero-order valence-electron chi connectivity index (χ0n) is 17.9. The Morgan fingerprint density at radius 1 is 1.03 bits per heavy atom. The second kappa shape index (κ2) is 11.4. The summed E-state index contributed by atoms with van der Waals surface area (Å²) in [5.74, 6) is -1.06. The van der Waals surface area contributed by atoms with Crippen LogP contribution in [0.15, 0.2) is 65.6 Å². The van der Waals surface area contributed by atoms with Crippen LogP contribution in [0.2, 0.25) is 0 Å². The van der Waals surface area contributed by atoms with Gasteiger partial charge in [-0.1, -0.05) is 56.3 Å². The molecule has 8 heteroatoms. The highest BCUT2D eigenvalue weighted by molar-refractivity contribution is 7.89. The molecule has 0 spiro atoms. The fourth-order valence-corrected chi connectivity index (χ4v) is 4.38. The number of carbonyl (C=O) groups excluding carboxylic acids is 2. The van der Waals surface area contributed by atoms with Crippen molar-refractivity contribution >= 4 is 28.0 Å². The normalized spacial score (nSPS) is 12.6. The van der Waals surface area contributed by atoms with Crippen molar-refractivity contribution in [1.82, 2.24) is 9.62 Å². The van der Waals surface area contributed by atoms with Gasteiger partial charge in [0.05, 0.1) is 10.9 Å². The summed E-state index contributed by atoms with van der Waals surface area (Å²) in [5.41, 5.74) is 1.59. The first-order valence-corrected chi connectivity index (χ1v) is 11.5. The van der Waals surface area contributed by atoms with Crippen molar-refractivity contribution in [2.45, 2.75) is 31.7 Å². The average Bonchev–Trinajstić information content (AvgIpc) is 2.77. The number of sulfonamides is 1. The highest BCUT2D eigenvalue weighted by atomic mass is 32.2. The third-order valence-electron chi connectivity index (χ3n) is 4.66. The van der Waals surface area contributed by atoms with Gasteiger partial charge in [0.2, 0.25) is 10.0 Å². The van der Waals surface area contributed by atoms with E-state index in [9.17, 15) is 18.0 Å². The Hall–Kier alpha value is -2.97. The van der Waals surface area contributed by atoms with Crippen LogP contribution in [0.3, 0.4) is 0 Å². The van der Waals surface area contributed by atoms with Crippen LogP contribution in [0.4, 0.5) is 0 Å². The molecule has 0 saturated carbocycles. The molecule has 0 saturated heterocycles. The van der Waals surface area contributed by atoms with Crippen LogP contribution < -0.4 is 5.32 Å². The van der Waals surface area contributed by atoms with Crippen molar-refractivity contribution < 1.29 is 22.7 Å². The summed E-state index contributed by atoms with van der Waals surface area (Å²) in [7, 11) is -3.52. The lowest BCUT2D eigenvalue weighted by Crippen LogP contribution is -2.30. The molecule has 2 aromatic rings. The van der Waals surface area contributed by atoms with Crippen molar-refractivity contribution in [2.24, 2.45) is 0 Å². The Balaban J connectivity index is 1.87. The number of nitrogens with one attached hydrogen (secondary N) is 1. The molecule has 0 radical (unpaired) electrons. The summed E-state index contributed by atoms with van der Waals surface area (Å²) in [6, 6.07) is 15.5.